The van der Waals surface area contributed by atoms with Gasteiger partial charge in [-0.05, 0) is 68.7 Å². The van der Waals surface area contributed by atoms with Crippen LogP contribution in [0.1, 0.15) is 115 Å². The van der Waals surface area contributed by atoms with Crippen molar-refractivity contribution >= 4 is 35.4 Å². The van der Waals surface area contributed by atoms with Crippen LogP contribution < -0.4 is 59.0 Å². The van der Waals surface area contributed by atoms with Crippen LogP contribution in [0.3, 0.4) is 0 Å². The average molecular weight is 1810 g/mol. The van der Waals surface area contributed by atoms with E-state index in [1.54, 1.807) is 95.6 Å². The van der Waals surface area contributed by atoms with Crippen LogP contribution in [0.4, 0.5) is 0 Å². The quantitative estimate of drug-likeness (QED) is 0.00966. The molecule has 0 aliphatic carbocycles. The lowest BCUT2D eigenvalue weighted by Gasteiger charge is -2.37. The molecular formula is C79H91N13O31P3+. The normalized spacial score (nSPS) is 22.5. The SMILES string of the molecule is COc1ccc(C(OC[C@H]2O[C@@H](n3cc(C)c(=O)[nH]c3=O)C[C@@H]2OP(=O)(OCCC#N)OC[C@H]2O[C@@H](n3cc(C)c(=O)[nH]c3=O)C[C@@H]2OP(=O)(OCCC#N)OC[C@H]2O[C@@H](n3cc(C)c(=O)[nH]c3=O)C[C@@H]2OP(=O)(OCCC#N)OC[C@H]2O[C@@H](n3cc(C)c(=O)[nH]c3=O)C[C@@H]2OC(=O)CC(=O)OCCn2cc[n+](C)c2)(c2ccccc2)c2ccc(OC)cc2)cc1. The number of benzene rings is 3. The molecule has 8 aromatic rings. The number of carbonyl (C=O) groups is 2. The van der Waals surface area contributed by atoms with Gasteiger partial charge in [-0.1, -0.05) is 54.6 Å². The summed E-state index contributed by atoms with van der Waals surface area (Å²) in [6, 6.07) is 28.8. The Kier molecular flexibility index (Phi) is 31.2. The lowest BCUT2D eigenvalue weighted by molar-refractivity contribution is -0.671. The maximum absolute atomic E-state index is 15.9. The summed E-state index contributed by atoms with van der Waals surface area (Å²) in [5.74, 6) is -1.09. The second kappa shape index (κ2) is 41.9. The highest BCUT2D eigenvalue weighted by atomic mass is 31.2. The highest BCUT2D eigenvalue weighted by molar-refractivity contribution is 7.49. The molecule has 15 atom stereocenters. The number of ether oxygens (including phenoxy) is 9. The van der Waals surface area contributed by atoms with Gasteiger partial charge in [0.2, 0.25) is 6.33 Å². The molecule has 0 saturated carbocycles. The molecule has 0 radical (unpaired) electrons. The standard InChI is InChI=1S/C79H90N13O31P3/c1-48-39-89(75(99)83-71(48)95)65-34-57(120-70(94)38-69(93)108-33-29-88-28-27-87(5)47-88)62(117-65)44-113-124(103,110-30-11-24-80)122-59-36-67(91-41-50(3)73(97)85-77(91)101)119-64(59)46-115-126(105,112-32-13-26-82)123-60-37-68(92-42-51(4)74(98)86-78(92)102)118-63(60)45-114-125(104,111-31-12-25-81)121-58-35-66(90-40-49(2)72(96)84-76(90)100)116-61(58)43-109-79(52-14-9-8-10-15-52,53-16-20-55(106-6)21-17-53)54-18-22-56(107-7)23-19-54/h8-10,14-23,27-28,39-42,47,57-68H,11-13,29-38,43-46H2,1-7H3,(H3-,83,84,85,86,95,96,97,98,99,100,101,102)/p+1/t57-,58-,59-,60-,61+,62+,63+,64+,65+,66+,67+,68+,124?,125?,126?/m0/s1. The van der Waals surface area contributed by atoms with Gasteiger partial charge in [0.05, 0.1) is 105 Å². The number of nitriles is 3. The fourth-order valence-corrected chi connectivity index (χ4v) is 18.4. The molecule has 9 heterocycles. The van der Waals surface area contributed by atoms with Gasteiger partial charge < -0.3 is 42.6 Å². The van der Waals surface area contributed by atoms with E-state index in [2.05, 4.69) is 19.9 Å². The van der Waals surface area contributed by atoms with E-state index in [1.165, 1.54) is 54.3 Å². The number of phosphoric acid groups is 3. The second-order valence-electron chi connectivity index (χ2n) is 29.3. The zero-order valence-electron chi connectivity index (χ0n) is 69.0. The van der Waals surface area contributed by atoms with Crippen LogP contribution >= 0.6 is 23.5 Å². The zero-order valence-corrected chi connectivity index (χ0v) is 71.7. The predicted molar refractivity (Wildman–Crippen MR) is 432 cm³/mol. The Bertz CT molecular complexity index is 5960. The van der Waals surface area contributed by atoms with Crippen molar-refractivity contribution in [1.82, 2.24) is 42.8 Å². The monoisotopic (exact) mass is 1810 g/mol. The molecule has 12 rings (SSSR count). The number of nitrogens with one attached hydrogen (secondary N) is 4. The summed E-state index contributed by atoms with van der Waals surface area (Å²) in [5, 5.41) is 29.4. The number of hydrogen-bond acceptors (Lipinski definition) is 34. The summed E-state index contributed by atoms with van der Waals surface area (Å²) in [6.45, 7) is 0.290. The molecule has 126 heavy (non-hydrogen) atoms. The first-order valence-electron chi connectivity index (χ1n) is 39.4. The van der Waals surface area contributed by atoms with Crippen molar-refractivity contribution in [2.24, 2.45) is 7.05 Å². The van der Waals surface area contributed by atoms with Crippen LogP contribution in [0.2, 0.25) is 0 Å². The molecule has 44 nitrogen and oxygen atoms in total. The Labute approximate surface area is 715 Å². The van der Waals surface area contributed by atoms with Gasteiger partial charge in [-0.25, -0.2) is 42.0 Å². The van der Waals surface area contributed by atoms with E-state index in [1.807, 2.05) is 36.4 Å². The average Bonchev–Trinajstić information content (AvgIpc) is 1.13. The number of imidazole rings is 1. The molecule has 4 aliphatic heterocycles. The summed E-state index contributed by atoms with van der Waals surface area (Å²) >= 11 is 0. The third-order valence-electron chi connectivity index (χ3n) is 20.6. The predicted octanol–water partition coefficient (Wildman–Crippen LogP) is 5.09. The number of aromatic amines is 4. The molecule has 5 aromatic heterocycles. The zero-order chi connectivity index (χ0) is 90.2. The van der Waals surface area contributed by atoms with Crippen LogP contribution in [-0.4, -0.2) is 171 Å². The van der Waals surface area contributed by atoms with Gasteiger partial charge in [0.15, 0.2) is 0 Å². The van der Waals surface area contributed by atoms with E-state index in [-0.39, 0.29) is 48.2 Å². The smallest absolute Gasteiger partial charge is 0.475 e. The molecule has 4 fully saturated rings. The molecule has 0 bridgehead atoms. The van der Waals surface area contributed by atoms with Crippen LogP contribution in [-0.2, 0) is 116 Å². The number of aromatic nitrogens is 10. The van der Waals surface area contributed by atoms with E-state index in [4.69, 9.17) is 83.3 Å². The number of aryl methyl sites for hydroxylation is 5. The molecule has 0 spiro atoms. The van der Waals surface area contributed by atoms with Crippen molar-refractivity contribution in [2.45, 2.75) is 165 Å². The van der Waals surface area contributed by atoms with Gasteiger partial charge in [-0.15, -0.1) is 0 Å². The third kappa shape index (κ3) is 23.1. The van der Waals surface area contributed by atoms with E-state index in [9.17, 15) is 63.7 Å². The van der Waals surface area contributed by atoms with Crippen molar-refractivity contribution in [3.8, 4) is 29.7 Å². The minimum Gasteiger partial charge on any atom is -0.497 e. The number of nitrogens with zero attached hydrogens (tertiary/aromatic N) is 9. The summed E-state index contributed by atoms with van der Waals surface area (Å²) in [4.78, 5) is 141. The Morgan fingerprint density at radius 1 is 0.468 bits per heavy atom. The lowest BCUT2D eigenvalue weighted by Crippen LogP contribution is -2.38. The van der Waals surface area contributed by atoms with Gasteiger partial charge >= 0.3 is 58.2 Å². The first kappa shape index (κ1) is 93.9. The molecule has 0 amide bonds. The van der Waals surface area contributed by atoms with Crippen LogP contribution in [0, 0.1) is 61.7 Å². The highest BCUT2D eigenvalue weighted by Crippen LogP contribution is 2.59. The molecule has 4 aliphatic rings. The number of methoxy groups -OCH3 is 2. The van der Waals surface area contributed by atoms with Gasteiger partial charge in [-0.2, -0.15) is 15.8 Å². The fourth-order valence-electron chi connectivity index (χ4n) is 14.2. The van der Waals surface area contributed by atoms with Crippen molar-refractivity contribution in [3.05, 3.63) is 245 Å². The molecular weight excluding hydrogens is 1720 g/mol. The number of phosphoric ester groups is 3. The van der Waals surface area contributed by atoms with E-state index >= 15 is 13.7 Å². The largest absolute Gasteiger partial charge is 0.497 e. The number of esters is 2. The van der Waals surface area contributed by atoms with E-state index in [0.29, 0.717) is 28.2 Å². The number of rotatable bonds is 42. The second-order valence-corrected chi connectivity index (χ2v) is 34.2. The van der Waals surface area contributed by atoms with Crippen LogP contribution in [0.25, 0.3) is 0 Å². The summed E-state index contributed by atoms with van der Waals surface area (Å²) in [5.41, 5.74) is -6.54. The van der Waals surface area contributed by atoms with Crippen molar-refractivity contribution in [3.63, 3.8) is 0 Å². The van der Waals surface area contributed by atoms with E-state index in [0.717, 1.165) is 30.7 Å². The minimum atomic E-state index is -5.37. The molecule has 4 N–H and O–H groups in total. The maximum atomic E-state index is 15.9. The number of hydrogen-bond donors (Lipinski definition) is 4. The highest BCUT2D eigenvalue weighted by Gasteiger charge is 2.52. The van der Waals surface area contributed by atoms with Gasteiger partial charge in [0.1, 0.15) is 123 Å². The fraction of sp³-hybridized carbons (Fsp3) is 0.468. The lowest BCUT2D eigenvalue weighted by atomic mass is 9.80. The van der Waals surface area contributed by atoms with Crippen molar-refractivity contribution < 1.29 is 111 Å². The van der Waals surface area contributed by atoms with Crippen LogP contribution in [0.15, 0.2) is 161 Å². The Morgan fingerprint density at radius 2 is 0.810 bits per heavy atom. The maximum Gasteiger partial charge on any atom is 0.475 e. The Balaban J connectivity index is 0.843. The molecule has 3 aromatic carbocycles. The number of carbonyl (C=O) groups excluding carboxylic acids is 2. The molecule has 4 saturated heterocycles. The summed E-state index contributed by atoms with van der Waals surface area (Å²) in [6.07, 6.45) is -12.5. The summed E-state index contributed by atoms with van der Waals surface area (Å²) in [7, 11) is -11.1. The first-order valence-corrected chi connectivity index (χ1v) is 43.8. The van der Waals surface area contributed by atoms with Crippen molar-refractivity contribution in [1.29, 1.82) is 15.8 Å². The van der Waals surface area contributed by atoms with Crippen molar-refractivity contribution in [2.75, 3.05) is 67.1 Å². The minimum absolute atomic E-state index is 0.0000126. The summed E-state index contributed by atoms with van der Waals surface area (Å²) < 4.78 is 164. The van der Waals surface area contributed by atoms with E-state index < -0.39 is 245 Å². The topological polar surface area (TPSA) is 551 Å². The van der Waals surface area contributed by atoms with Gasteiger partial charge in [0.25, 0.3) is 22.2 Å². The Hall–Kier alpha value is -11.3. The molecule has 47 heteroatoms. The molecule has 3 unspecified atom stereocenters. The Morgan fingerprint density at radius 3 is 1.15 bits per heavy atom. The third-order valence-corrected chi connectivity index (χ3v) is 25.0. The van der Waals surface area contributed by atoms with Gasteiger partial charge in [-0.3, -0.25) is 108 Å². The first-order chi connectivity index (χ1) is 60.3. The number of H-pyrrole nitrogens is 4. The van der Waals surface area contributed by atoms with Crippen LogP contribution in [0.5, 0.6) is 11.5 Å². The van der Waals surface area contributed by atoms with Gasteiger partial charge in [0, 0.05) is 72.7 Å². The molecule has 672 valence electrons.